The van der Waals surface area contributed by atoms with Crippen molar-refractivity contribution in [1.29, 1.82) is 0 Å². The fourth-order valence-corrected chi connectivity index (χ4v) is 2.54. The third-order valence-corrected chi connectivity index (χ3v) is 3.83. The molecule has 0 radical (unpaired) electrons. The van der Waals surface area contributed by atoms with Crippen LogP contribution in [0.2, 0.25) is 0 Å². The van der Waals surface area contributed by atoms with Crippen LogP contribution >= 0.6 is 0 Å². The SMILES string of the molecule is CCNC(=NCc1cccnc1OC)NCc1c(CC)noc1CC. The number of nitrogens with zero attached hydrogens (tertiary/aromatic N) is 3. The second-order valence-corrected chi connectivity index (χ2v) is 5.46. The Labute approximate surface area is 148 Å². The quantitative estimate of drug-likeness (QED) is 0.565. The number of aliphatic imine (C=N–C) groups is 1. The van der Waals surface area contributed by atoms with E-state index in [4.69, 9.17) is 9.26 Å². The van der Waals surface area contributed by atoms with Crippen molar-refractivity contribution in [3.05, 3.63) is 40.9 Å². The van der Waals surface area contributed by atoms with Crippen molar-refractivity contribution in [3.63, 3.8) is 0 Å². The van der Waals surface area contributed by atoms with E-state index in [1.807, 2.05) is 19.1 Å². The zero-order valence-corrected chi connectivity index (χ0v) is 15.4. The van der Waals surface area contributed by atoms with Crippen molar-refractivity contribution in [2.45, 2.75) is 46.7 Å². The van der Waals surface area contributed by atoms with E-state index in [0.717, 1.165) is 47.9 Å². The van der Waals surface area contributed by atoms with Gasteiger partial charge in [-0.05, 0) is 19.4 Å². The average Bonchev–Trinajstić information content (AvgIpc) is 3.06. The number of methoxy groups -OCH3 is 1. The van der Waals surface area contributed by atoms with Gasteiger partial charge in [-0.1, -0.05) is 25.1 Å². The summed E-state index contributed by atoms with van der Waals surface area (Å²) >= 11 is 0. The van der Waals surface area contributed by atoms with Gasteiger partial charge >= 0.3 is 0 Å². The van der Waals surface area contributed by atoms with Crippen LogP contribution in [0.1, 0.15) is 43.4 Å². The molecule has 2 aromatic heterocycles. The minimum Gasteiger partial charge on any atom is -0.481 e. The minimum absolute atomic E-state index is 0.483. The summed E-state index contributed by atoms with van der Waals surface area (Å²) < 4.78 is 10.7. The van der Waals surface area contributed by atoms with Gasteiger partial charge in [-0.2, -0.15) is 0 Å². The van der Waals surface area contributed by atoms with E-state index in [1.54, 1.807) is 13.3 Å². The number of rotatable bonds is 8. The lowest BCUT2D eigenvalue weighted by molar-refractivity contribution is 0.380. The average molecular weight is 345 g/mol. The first kappa shape index (κ1) is 18.8. The molecule has 25 heavy (non-hydrogen) atoms. The van der Waals surface area contributed by atoms with Crippen LogP contribution in [0.3, 0.4) is 0 Å². The molecule has 0 atom stereocenters. The topological polar surface area (TPSA) is 84.6 Å². The molecular formula is C18H27N5O2. The summed E-state index contributed by atoms with van der Waals surface area (Å²) in [6.45, 7) is 8.08. The second-order valence-electron chi connectivity index (χ2n) is 5.46. The summed E-state index contributed by atoms with van der Waals surface area (Å²) in [4.78, 5) is 8.83. The lowest BCUT2D eigenvalue weighted by atomic mass is 10.1. The molecule has 0 unspecified atom stereocenters. The van der Waals surface area contributed by atoms with Gasteiger partial charge in [0.25, 0.3) is 0 Å². The highest BCUT2D eigenvalue weighted by atomic mass is 16.5. The van der Waals surface area contributed by atoms with E-state index < -0.39 is 0 Å². The fraction of sp³-hybridized carbons (Fsp3) is 0.500. The van der Waals surface area contributed by atoms with E-state index in [9.17, 15) is 0 Å². The summed E-state index contributed by atoms with van der Waals surface area (Å²) in [5.74, 6) is 2.26. The van der Waals surface area contributed by atoms with Crippen molar-refractivity contribution in [2.75, 3.05) is 13.7 Å². The fourth-order valence-electron chi connectivity index (χ4n) is 2.54. The van der Waals surface area contributed by atoms with Gasteiger partial charge in [0.05, 0.1) is 19.3 Å². The number of aromatic nitrogens is 2. The highest BCUT2D eigenvalue weighted by molar-refractivity contribution is 5.79. The van der Waals surface area contributed by atoms with Crippen molar-refractivity contribution >= 4 is 5.96 Å². The molecule has 7 heteroatoms. The molecule has 0 aliphatic rings. The van der Waals surface area contributed by atoms with E-state index in [-0.39, 0.29) is 0 Å². The van der Waals surface area contributed by atoms with Gasteiger partial charge in [0.1, 0.15) is 5.76 Å². The number of nitrogens with one attached hydrogen (secondary N) is 2. The van der Waals surface area contributed by atoms with Crippen LogP contribution in [-0.4, -0.2) is 29.8 Å². The van der Waals surface area contributed by atoms with Crippen LogP contribution in [0.25, 0.3) is 0 Å². The molecule has 0 saturated heterocycles. The standard InChI is InChI=1S/C18H27N5O2/c1-5-15-14(16(6-2)25-23-15)12-22-18(19-7-3)21-11-13-9-8-10-20-17(13)24-4/h8-10H,5-7,11-12H2,1-4H3,(H2,19,21,22). The van der Waals surface area contributed by atoms with Gasteiger partial charge in [-0.15, -0.1) is 0 Å². The summed E-state index contributed by atoms with van der Waals surface area (Å²) in [6, 6.07) is 3.84. The molecule has 0 saturated carbocycles. The molecule has 2 heterocycles. The molecule has 0 aliphatic heterocycles. The third-order valence-electron chi connectivity index (χ3n) is 3.83. The Morgan fingerprint density at radius 2 is 2.08 bits per heavy atom. The Hall–Kier alpha value is -2.57. The summed E-state index contributed by atoms with van der Waals surface area (Å²) in [5.41, 5.74) is 3.05. The molecule has 0 amide bonds. The van der Waals surface area contributed by atoms with Crippen LogP contribution in [0.4, 0.5) is 0 Å². The Balaban J connectivity index is 2.09. The Bertz CT molecular complexity index is 675. The van der Waals surface area contributed by atoms with Gasteiger partial charge in [0.2, 0.25) is 5.88 Å². The van der Waals surface area contributed by atoms with E-state index in [2.05, 4.69) is 39.6 Å². The third kappa shape index (κ3) is 4.95. The normalized spacial score (nSPS) is 11.4. The molecular weight excluding hydrogens is 318 g/mol. The van der Waals surface area contributed by atoms with Crippen LogP contribution in [0, 0.1) is 0 Å². The summed E-state index contributed by atoms with van der Waals surface area (Å²) in [7, 11) is 1.61. The Morgan fingerprint density at radius 1 is 1.24 bits per heavy atom. The van der Waals surface area contributed by atoms with Crippen LogP contribution < -0.4 is 15.4 Å². The van der Waals surface area contributed by atoms with Crippen molar-refractivity contribution < 1.29 is 9.26 Å². The monoisotopic (exact) mass is 345 g/mol. The summed E-state index contributed by atoms with van der Waals surface area (Å²) in [5, 5.41) is 10.8. The van der Waals surface area contributed by atoms with Gasteiger partial charge < -0.3 is 19.9 Å². The molecule has 0 aliphatic carbocycles. The molecule has 2 aromatic rings. The van der Waals surface area contributed by atoms with Gasteiger partial charge in [-0.25, -0.2) is 9.98 Å². The van der Waals surface area contributed by atoms with E-state index in [0.29, 0.717) is 19.0 Å². The first-order valence-corrected chi connectivity index (χ1v) is 8.69. The molecule has 7 nitrogen and oxygen atoms in total. The maximum atomic E-state index is 5.41. The number of pyridine rings is 1. The van der Waals surface area contributed by atoms with Crippen LogP contribution in [0.15, 0.2) is 27.8 Å². The van der Waals surface area contributed by atoms with Crippen molar-refractivity contribution in [1.82, 2.24) is 20.8 Å². The maximum Gasteiger partial charge on any atom is 0.218 e. The lowest BCUT2D eigenvalue weighted by Gasteiger charge is -2.12. The maximum absolute atomic E-state index is 5.41. The number of ether oxygens (including phenoxy) is 1. The van der Waals surface area contributed by atoms with Crippen molar-refractivity contribution in [2.24, 2.45) is 4.99 Å². The zero-order valence-electron chi connectivity index (χ0n) is 15.4. The highest BCUT2D eigenvalue weighted by Gasteiger charge is 2.13. The molecule has 0 fully saturated rings. The number of guanidine groups is 1. The molecule has 2 N–H and O–H groups in total. The van der Waals surface area contributed by atoms with E-state index >= 15 is 0 Å². The zero-order chi connectivity index (χ0) is 18.1. The predicted octanol–water partition coefficient (Wildman–Crippen LogP) is 2.46. The van der Waals surface area contributed by atoms with Gasteiger partial charge in [0.15, 0.2) is 5.96 Å². The first-order valence-electron chi connectivity index (χ1n) is 8.69. The Kier molecular flexibility index (Phi) is 7.25. The van der Waals surface area contributed by atoms with E-state index in [1.165, 1.54) is 0 Å². The summed E-state index contributed by atoms with van der Waals surface area (Å²) in [6.07, 6.45) is 3.38. The molecule has 0 bridgehead atoms. The lowest BCUT2D eigenvalue weighted by Crippen LogP contribution is -2.37. The number of hydrogen-bond donors (Lipinski definition) is 2. The largest absolute Gasteiger partial charge is 0.481 e. The van der Waals surface area contributed by atoms with Crippen LogP contribution in [0.5, 0.6) is 5.88 Å². The predicted molar refractivity (Wildman–Crippen MR) is 97.7 cm³/mol. The van der Waals surface area contributed by atoms with Gasteiger partial charge in [-0.3, -0.25) is 0 Å². The number of aryl methyl sites for hydroxylation is 2. The number of hydrogen-bond acceptors (Lipinski definition) is 5. The highest BCUT2D eigenvalue weighted by Crippen LogP contribution is 2.16. The Morgan fingerprint density at radius 3 is 2.76 bits per heavy atom. The van der Waals surface area contributed by atoms with Gasteiger partial charge in [0, 0.05) is 36.8 Å². The second kappa shape index (κ2) is 9.66. The molecule has 0 aromatic carbocycles. The minimum atomic E-state index is 0.483. The van der Waals surface area contributed by atoms with Crippen LogP contribution in [-0.2, 0) is 25.9 Å². The molecule has 0 spiro atoms. The van der Waals surface area contributed by atoms with Crippen molar-refractivity contribution in [3.8, 4) is 5.88 Å². The molecule has 136 valence electrons. The molecule has 2 rings (SSSR count). The smallest absolute Gasteiger partial charge is 0.218 e. The first-order chi connectivity index (χ1) is 12.2.